The van der Waals surface area contributed by atoms with Crippen LogP contribution < -0.4 is 10.2 Å². The average molecular weight is 264 g/mol. The molecule has 1 aromatic heterocycles. The van der Waals surface area contributed by atoms with Crippen LogP contribution in [0.15, 0.2) is 12.3 Å². The van der Waals surface area contributed by atoms with Gasteiger partial charge in [0.05, 0.1) is 5.41 Å². The summed E-state index contributed by atoms with van der Waals surface area (Å²) in [6, 6.07) is 1.76. The van der Waals surface area contributed by atoms with Crippen LogP contribution in [0.3, 0.4) is 0 Å². The molecule has 0 aromatic carbocycles. The fourth-order valence-corrected chi connectivity index (χ4v) is 2.44. The van der Waals surface area contributed by atoms with Gasteiger partial charge in [-0.05, 0) is 18.9 Å². The number of hydrogen-bond acceptors (Lipinski definition) is 5. The van der Waals surface area contributed by atoms with Gasteiger partial charge in [0.25, 0.3) is 0 Å². The smallest absolute Gasteiger partial charge is 0.311 e. The standard InChI is InChI=1S/C13H20N4O2/c1-17(2)12-14-8-5-10(16-12)15-9-13(11(18)19)6-3-4-7-13/h5,8H,3-4,6-7,9H2,1-2H3,(H,18,19)(H,14,15,16). The fraction of sp³-hybridized carbons (Fsp3) is 0.615. The summed E-state index contributed by atoms with van der Waals surface area (Å²) in [4.78, 5) is 21.7. The second kappa shape index (κ2) is 5.42. The van der Waals surface area contributed by atoms with Gasteiger partial charge in [-0.15, -0.1) is 0 Å². The molecular weight excluding hydrogens is 244 g/mol. The Kier molecular flexibility index (Phi) is 3.87. The molecule has 0 amide bonds. The lowest BCUT2D eigenvalue weighted by molar-refractivity contribution is -0.147. The first kappa shape index (κ1) is 13.6. The summed E-state index contributed by atoms with van der Waals surface area (Å²) in [5.41, 5.74) is -0.636. The maximum Gasteiger partial charge on any atom is 0.311 e. The molecule has 0 atom stereocenters. The van der Waals surface area contributed by atoms with E-state index in [1.165, 1.54) is 0 Å². The Bertz CT molecular complexity index is 456. The highest BCUT2D eigenvalue weighted by Crippen LogP contribution is 2.38. The Morgan fingerprint density at radius 1 is 1.47 bits per heavy atom. The Morgan fingerprint density at radius 2 is 2.16 bits per heavy atom. The van der Waals surface area contributed by atoms with Crippen LogP contribution in [-0.4, -0.2) is 41.7 Å². The van der Waals surface area contributed by atoms with Gasteiger partial charge < -0.3 is 15.3 Å². The molecule has 1 aliphatic carbocycles. The minimum absolute atomic E-state index is 0.423. The monoisotopic (exact) mass is 264 g/mol. The van der Waals surface area contributed by atoms with Crippen LogP contribution in [-0.2, 0) is 4.79 Å². The minimum Gasteiger partial charge on any atom is -0.481 e. The van der Waals surface area contributed by atoms with Crippen molar-refractivity contribution in [2.75, 3.05) is 30.9 Å². The van der Waals surface area contributed by atoms with Gasteiger partial charge in [0, 0.05) is 26.8 Å². The number of aliphatic carboxylic acids is 1. The van der Waals surface area contributed by atoms with Crippen molar-refractivity contribution in [3.8, 4) is 0 Å². The normalized spacial score (nSPS) is 17.2. The summed E-state index contributed by atoms with van der Waals surface area (Å²) in [5, 5.41) is 12.5. The number of rotatable bonds is 5. The fourth-order valence-electron chi connectivity index (χ4n) is 2.44. The lowest BCUT2D eigenvalue weighted by Gasteiger charge is -2.24. The lowest BCUT2D eigenvalue weighted by atomic mass is 9.86. The third-order valence-electron chi connectivity index (χ3n) is 3.67. The summed E-state index contributed by atoms with van der Waals surface area (Å²) in [6.45, 7) is 0.423. The third-order valence-corrected chi connectivity index (χ3v) is 3.67. The van der Waals surface area contributed by atoms with Gasteiger partial charge in [-0.1, -0.05) is 12.8 Å². The van der Waals surface area contributed by atoms with Crippen LogP contribution in [0.2, 0.25) is 0 Å². The molecule has 1 saturated carbocycles. The van der Waals surface area contributed by atoms with Crippen molar-refractivity contribution in [3.05, 3.63) is 12.3 Å². The summed E-state index contributed by atoms with van der Waals surface area (Å²) >= 11 is 0. The summed E-state index contributed by atoms with van der Waals surface area (Å²) in [7, 11) is 3.74. The lowest BCUT2D eigenvalue weighted by Crippen LogP contribution is -2.35. The van der Waals surface area contributed by atoms with Crippen molar-refractivity contribution in [2.24, 2.45) is 5.41 Å². The van der Waals surface area contributed by atoms with Crippen LogP contribution in [0.1, 0.15) is 25.7 Å². The van der Waals surface area contributed by atoms with E-state index in [0.717, 1.165) is 25.7 Å². The van der Waals surface area contributed by atoms with Gasteiger partial charge >= 0.3 is 5.97 Å². The number of aromatic nitrogens is 2. The van der Waals surface area contributed by atoms with Crippen molar-refractivity contribution in [2.45, 2.75) is 25.7 Å². The molecule has 1 fully saturated rings. The molecule has 1 aromatic rings. The second-order valence-corrected chi connectivity index (χ2v) is 5.28. The Morgan fingerprint density at radius 3 is 2.74 bits per heavy atom. The first-order valence-corrected chi connectivity index (χ1v) is 6.51. The quantitative estimate of drug-likeness (QED) is 0.841. The van der Waals surface area contributed by atoms with Crippen LogP contribution in [0.4, 0.5) is 11.8 Å². The number of nitrogens with one attached hydrogen (secondary N) is 1. The van der Waals surface area contributed by atoms with E-state index in [-0.39, 0.29) is 0 Å². The molecule has 0 spiro atoms. The van der Waals surface area contributed by atoms with Crippen LogP contribution in [0.5, 0.6) is 0 Å². The van der Waals surface area contributed by atoms with E-state index >= 15 is 0 Å². The summed E-state index contributed by atoms with van der Waals surface area (Å²) in [6.07, 6.45) is 5.12. The van der Waals surface area contributed by atoms with Crippen molar-refractivity contribution in [3.63, 3.8) is 0 Å². The molecule has 0 aliphatic heterocycles. The zero-order valence-corrected chi connectivity index (χ0v) is 11.4. The maximum atomic E-state index is 11.4. The Hall–Kier alpha value is -1.85. The molecule has 2 rings (SSSR count). The number of carbonyl (C=O) groups is 1. The van der Waals surface area contributed by atoms with Gasteiger partial charge in [0.15, 0.2) is 0 Å². The zero-order chi connectivity index (χ0) is 13.9. The molecule has 1 aliphatic rings. The molecule has 19 heavy (non-hydrogen) atoms. The predicted molar refractivity (Wildman–Crippen MR) is 73.4 cm³/mol. The summed E-state index contributed by atoms with van der Waals surface area (Å²) in [5.74, 6) is 0.575. The second-order valence-electron chi connectivity index (χ2n) is 5.28. The Labute approximate surface area is 112 Å². The van der Waals surface area contributed by atoms with E-state index in [1.807, 2.05) is 19.0 Å². The largest absolute Gasteiger partial charge is 0.481 e. The summed E-state index contributed by atoms with van der Waals surface area (Å²) < 4.78 is 0. The Balaban J connectivity index is 2.05. The molecule has 6 nitrogen and oxygen atoms in total. The predicted octanol–water partition coefficient (Wildman–Crippen LogP) is 1.60. The molecule has 6 heteroatoms. The van der Waals surface area contributed by atoms with Gasteiger partial charge in [-0.2, -0.15) is 4.98 Å². The van der Waals surface area contributed by atoms with E-state index in [2.05, 4.69) is 15.3 Å². The van der Waals surface area contributed by atoms with Gasteiger partial charge in [-0.3, -0.25) is 4.79 Å². The maximum absolute atomic E-state index is 11.4. The van der Waals surface area contributed by atoms with E-state index < -0.39 is 11.4 Å². The molecule has 2 N–H and O–H groups in total. The molecule has 0 bridgehead atoms. The highest BCUT2D eigenvalue weighted by molar-refractivity contribution is 5.75. The minimum atomic E-state index is -0.709. The van der Waals surface area contributed by atoms with Crippen LogP contribution >= 0.6 is 0 Å². The topological polar surface area (TPSA) is 78.4 Å². The van der Waals surface area contributed by atoms with E-state index in [4.69, 9.17) is 0 Å². The molecule has 0 unspecified atom stereocenters. The van der Waals surface area contributed by atoms with Crippen molar-refractivity contribution >= 4 is 17.7 Å². The highest BCUT2D eigenvalue weighted by atomic mass is 16.4. The van der Waals surface area contributed by atoms with E-state index in [9.17, 15) is 9.90 Å². The van der Waals surface area contributed by atoms with E-state index in [1.54, 1.807) is 12.3 Å². The van der Waals surface area contributed by atoms with Crippen LogP contribution in [0.25, 0.3) is 0 Å². The number of nitrogens with zero attached hydrogens (tertiary/aromatic N) is 3. The van der Waals surface area contributed by atoms with Gasteiger partial charge in [-0.25, -0.2) is 4.98 Å². The van der Waals surface area contributed by atoms with E-state index in [0.29, 0.717) is 18.3 Å². The number of carboxylic acids is 1. The van der Waals surface area contributed by atoms with Crippen molar-refractivity contribution in [1.82, 2.24) is 9.97 Å². The van der Waals surface area contributed by atoms with Crippen molar-refractivity contribution in [1.29, 1.82) is 0 Å². The molecule has 104 valence electrons. The number of anilines is 2. The first-order valence-electron chi connectivity index (χ1n) is 6.51. The average Bonchev–Trinajstić information content (AvgIpc) is 2.87. The number of hydrogen-bond donors (Lipinski definition) is 2. The van der Waals surface area contributed by atoms with Gasteiger partial charge in [0.1, 0.15) is 5.82 Å². The van der Waals surface area contributed by atoms with Crippen LogP contribution in [0, 0.1) is 5.41 Å². The van der Waals surface area contributed by atoms with Crippen molar-refractivity contribution < 1.29 is 9.90 Å². The third kappa shape index (κ3) is 2.94. The number of carboxylic acid groups (broad SMARTS) is 1. The highest BCUT2D eigenvalue weighted by Gasteiger charge is 2.41. The zero-order valence-electron chi connectivity index (χ0n) is 11.4. The molecular formula is C13H20N4O2. The SMILES string of the molecule is CN(C)c1nccc(NCC2(C(=O)O)CCCC2)n1. The van der Waals surface area contributed by atoms with Gasteiger partial charge in [0.2, 0.25) is 5.95 Å². The molecule has 1 heterocycles. The molecule has 0 saturated heterocycles. The first-order chi connectivity index (χ1) is 9.03. The molecule has 0 radical (unpaired) electrons.